The molecule has 2 N–H and O–H groups in total. The summed E-state index contributed by atoms with van der Waals surface area (Å²) in [6.07, 6.45) is 2.89. The van der Waals surface area contributed by atoms with Gasteiger partial charge in [0.15, 0.2) is 0 Å². The second-order valence-electron chi connectivity index (χ2n) is 5.34. The molecule has 0 radical (unpaired) electrons. The number of aromatic nitrogens is 1. The maximum atomic E-state index is 5.41. The molecule has 21 heavy (non-hydrogen) atoms. The first kappa shape index (κ1) is 13.6. The molecule has 0 aliphatic rings. The van der Waals surface area contributed by atoms with Crippen LogP contribution in [-0.2, 0) is 6.42 Å². The molecule has 1 heterocycles. The van der Waals surface area contributed by atoms with Crippen LogP contribution in [0.15, 0.2) is 54.7 Å². The van der Waals surface area contributed by atoms with E-state index in [0.717, 1.165) is 23.4 Å². The van der Waals surface area contributed by atoms with Crippen LogP contribution in [0.2, 0.25) is 0 Å². The van der Waals surface area contributed by atoms with Crippen molar-refractivity contribution in [3.8, 4) is 5.75 Å². The zero-order chi connectivity index (χ0) is 14.7. The number of fused-ring (bicyclic) bond motifs is 1. The number of anilines is 1. The van der Waals surface area contributed by atoms with Gasteiger partial charge in [0.1, 0.15) is 5.75 Å². The number of H-pyrrole nitrogens is 1. The fourth-order valence-electron chi connectivity index (χ4n) is 2.68. The molecule has 0 bridgehead atoms. The quantitative estimate of drug-likeness (QED) is 0.734. The standard InChI is InChI=1S/C18H20N2O/c1-13(11-15-5-3-4-6-18(15)21-2)20-16-7-8-17-14(12-16)9-10-19-17/h3-10,12-13,19-20H,11H2,1-2H3. The third kappa shape index (κ3) is 3.02. The Kier molecular flexibility index (Phi) is 3.82. The van der Waals surface area contributed by atoms with Crippen molar-refractivity contribution >= 4 is 16.6 Å². The highest BCUT2D eigenvalue weighted by Crippen LogP contribution is 2.22. The maximum Gasteiger partial charge on any atom is 0.122 e. The summed E-state index contributed by atoms with van der Waals surface area (Å²) in [6, 6.07) is 17.0. The van der Waals surface area contributed by atoms with E-state index in [0.29, 0.717) is 6.04 Å². The molecule has 3 heteroatoms. The van der Waals surface area contributed by atoms with Crippen LogP contribution in [0.1, 0.15) is 12.5 Å². The van der Waals surface area contributed by atoms with Gasteiger partial charge in [0.25, 0.3) is 0 Å². The molecule has 0 fully saturated rings. The molecule has 0 saturated heterocycles. The van der Waals surface area contributed by atoms with Gasteiger partial charge in [-0.25, -0.2) is 0 Å². The van der Waals surface area contributed by atoms with Crippen molar-refractivity contribution in [2.24, 2.45) is 0 Å². The van der Waals surface area contributed by atoms with Gasteiger partial charge in [-0.3, -0.25) is 0 Å². The molecule has 108 valence electrons. The summed E-state index contributed by atoms with van der Waals surface area (Å²) >= 11 is 0. The van der Waals surface area contributed by atoms with Gasteiger partial charge in [0, 0.05) is 28.8 Å². The second-order valence-corrected chi connectivity index (χ2v) is 5.34. The van der Waals surface area contributed by atoms with Crippen molar-refractivity contribution in [1.82, 2.24) is 4.98 Å². The normalized spacial score (nSPS) is 12.3. The summed E-state index contributed by atoms with van der Waals surface area (Å²) in [7, 11) is 1.72. The third-order valence-electron chi connectivity index (χ3n) is 3.68. The minimum absolute atomic E-state index is 0.331. The predicted octanol–water partition coefficient (Wildman–Crippen LogP) is 4.22. The van der Waals surface area contributed by atoms with Crippen LogP contribution in [0.25, 0.3) is 10.9 Å². The zero-order valence-electron chi connectivity index (χ0n) is 12.4. The lowest BCUT2D eigenvalue weighted by Crippen LogP contribution is -2.18. The molecule has 1 unspecified atom stereocenters. The highest BCUT2D eigenvalue weighted by molar-refractivity contribution is 5.83. The van der Waals surface area contributed by atoms with E-state index < -0.39 is 0 Å². The number of rotatable bonds is 5. The van der Waals surface area contributed by atoms with E-state index in [1.54, 1.807) is 7.11 Å². The minimum atomic E-state index is 0.331. The highest BCUT2D eigenvalue weighted by Gasteiger charge is 2.08. The van der Waals surface area contributed by atoms with Crippen LogP contribution in [0.5, 0.6) is 5.75 Å². The Balaban J connectivity index is 1.72. The van der Waals surface area contributed by atoms with Crippen LogP contribution < -0.4 is 10.1 Å². The largest absolute Gasteiger partial charge is 0.496 e. The molecule has 0 spiro atoms. The maximum absolute atomic E-state index is 5.41. The number of nitrogens with one attached hydrogen (secondary N) is 2. The van der Waals surface area contributed by atoms with Crippen molar-refractivity contribution in [2.45, 2.75) is 19.4 Å². The number of para-hydroxylation sites is 1. The average molecular weight is 280 g/mol. The van der Waals surface area contributed by atoms with E-state index in [9.17, 15) is 0 Å². The van der Waals surface area contributed by atoms with Crippen molar-refractivity contribution in [3.05, 3.63) is 60.3 Å². The number of methoxy groups -OCH3 is 1. The van der Waals surface area contributed by atoms with E-state index >= 15 is 0 Å². The summed E-state index contributed by atoms with van der Waals surface area (Å²) in [6.45, 7) is 2.19. The molecule has 0 aliphatic carbocycles. The molecule has 0 aliphatic heterocycles. The minimum Gasteiger partial charge on any atom is -0.496 e. The third-order valence-corrected chi connectivity index (χ3v) is 3.68. The molecule has 3 aromatic rings. The first-order valence-electron chi connectivity index (χ1n) is 7.22. The predicted molar refractivity (Wildman–Crippen MR) is 88.1 cm³/mol. The van der Waals surface area contributed by atoms with E-state index in [-0.39, 0.29) is 0 Å². The number of benzene rings is 2. The SMILES string of the molecule is COc1ccccc1CC(C)Nc1ccc2[nH]ccc2c1. The smallest absolute Gasteiger partial charge is 0.122 e. The van der Waals surface area contributed by atoms with Crippen molar-refractivity contribution in [3.63, 3.8) is 0 Å². The van der Waals surface area contributed by atoms with Gasteiger partial charge in [-0.05, 0) is 49.2 Å². The molecular weight excluding hydrogens is 260 g/mol. The van der Waals surface area contributed by atoms with Gasteiger partial charge in [-0.15, -0.1) is 0 Å². The van der Waals surface area contributed by atoms with Gasteiger partial charge >= 0.3 is 0 Å². The summed E-state index contributed by atoms with van der Waals surface area (Å²) in [5.74, 6) is 0.951. The first-order valence-corrected chi connectivity index (χ1v) is 7.22. The zero-order valence-corrected chi connectivity index (χ0v) is 12.4. The highest BCUT2D eigenvalue weighted by atomic mass is 16.5. The Bertz CT molecular complexity index is 733. The van der Waals surface area contributed by atoms with E-state index in [4.69, 9.17) is 4.74 Å². The lowest BCUT2D eigenvalue weighted by Gasteiger charge is -2.17. The van der Waals surface area contributed by atoms with Crippen molar-refractivity contribution < 1.29 is 4.74 Å². The van der Waals surface area contributed by atoms with Gasteiger partial charge in [-0.2, -0.15) is 0 Å². The van der Waals surface area contributed by atoms with Crippen LogP contribution in [0, 0.1) is 0 Å². The summed E-state index contributed by atoms with van der Waals surface area (Å²) < 4.78 is 5.41. The monoisotopic (exact) mass is 280 g/mol. The Hall–Kier alpha value is -2.42. The number of aromatic amines is 1. The van der Waals surface area contributed by atoms with E-state index in [1.165, 1.54) is 10.9 Å². The molecule has 1 atom stereocenters. The Morgan fingerprint density at radius 2 is 2.00 bits per heavy atom. The average Bonchev–Trinajstić information content (AvgIpc) is 2.95. The van der Waals surface area contributed by atoms with Crippen molar-refractivity contribution in [2.75, 3.05) is 12.4 Å². The number of hydrogen-bond donors (Lipinski definition) is 2. The fourth-order valence-corrected chi connectivity index (χ4v) is 2.68. The summed E-state index contributed by atoms with van der Waals surface area (Å²) in [5, 5.41) is 4.78. The molecule has 1 aromatic heterocycles. The molecule has 0 amide bonds. The molecule has 3 rings (SSSR count). The van der Waals surface area contributed by atoms with Gasteiger partial charge in [-0.1, -0.05) is 18.2 Å². The van der Waals surface area contributed by atoms with E-state index in [2.05, 4.69) is 53.6 Å². The van der Waals surface area contributed by atoms with Crippen molar-refractivity contribution in [1.29, 1.82) is 0 Å². The van der Waals surface area contributed by atoms with Crippen LogP contribution in [0.4, 0.5) is 5.69 Å². The fraction of sp³-hybridized carbons (Fsp3) is 0.222. The van der Waals surface area contributed by atoms with Gasteiger partial charge in [0.05, 0.1) is 7.11 Å². The lowest BCUT2D eigenvalue weighted by atomic mass is 10.1. The Morgan fingerprint density at radius 3 is 2.86 bits per heavy atom. The second kappa shape index (κ2) is 5.92. The molecule has 3 nitrogen and oxygen atoms in total. The van der Waals surface area contributed by atoms with Crippen LogP contribution in [0.3, 0.4) is 0 Å². The topological polar surface area (TPSA) is 37.0 Å². The lowest BCUT2D eigenvalue weighted by molar-refractivity contribution is 0.409. The molecule has 2 aromatic carbocycles. The molecular formula is C18H20N2O. The van der Waals surface area contributed by atoms with Gasteiger partial charge in [0.2, 0.25) is 0 Å². The van der Waals surface area contributed by atoms with Gasteiger partial charge < -0.3 is 15.0 Å². The summed E-state index contributed by atoms with van der Waals surface area (Å²) in [4.78, 5) is 3.21. The van der Waals surface area contributed by atoms with Crippen LogP contribution in [-0.4, -0.2) is 18.1 Å². The Morgan fingerprint density at radius 1 is 1.14 bits per heavy atom. The number of hydrogen-bond acceptors (Lipinski definition) is 2. The van der Waals surface area contributed by atoms with E-state index in [1.807, 2.05) is 18.3 Å². The molecule has 0 saturated carbocycles. The number of ether oxygens (including phenoxy) is 1. The first-order chi connectivity index (χ1) is 10.3. The summed E-state index contributed by atoms with van der Waals surface area (Å²) in [5.41, 5.74) is 3.53. The Labute approximate surface area is 125 Å². The van der Waals surface area contributed by atoms with Crippen LogP contribution >= 0.6 is 0 Å².